The van der Waals surface area contributed by atoms with Gasteiger partial charge in [0.15, 0.2) is 5.82 Å². The number of pyridine rings is 1. The standard InChI is InChI=1S/C43H38Cl2F4N6O2/c1-21-30-17-34(40-25-13-27(54(40)42(56)22-10-11-22)20-53(19-25)26-6-2-7-28(16-26)57-43(47,48)49)55(39-24-15-33(39)51-18-24)41(30)31-14-23(5-4-12-50)35(37(46)38(31)52-21)29-8-3-9-32(44)36(29)45/h2-3,6-9,14,16-17,22,24-25,27,33,39-40,51H,4-5,10-11,13,15,18-20H2,1H3. The number of alkyl halides is 3. The van der Waals surface area contributed by atoms with Crippen LogP contribution in [0.5, 0.6) is 5.75 Å². The van der Waals surface area contributed by atoms with Crippen LogP contribution in [0.15, 0.2) is 54.6 Å². The van der Waals surface area contributed by atoms with Gasteiger partial charge in [-0.1, -0.05) is 41.4 Å². The zero-order chi connectivity index (χ0) is 39.5. The third-order valence-electron chi connectivity index (χ3n) is 12.9. The van der Waals surface area contributed by atoms with E-state index in [4.69, 9.17) is 28.2 Å². The van der Waals surface area contributed by atoms with E-state index < -0.39 is 12.2 Å². The maximum atomic E-state index is 17.3. The van der Waals surface area contributed by atoms with Crippen LogP contribution < -0.4 is 15.0 Å². The van der Waals surface area contributed by atoms with Crippen LogP contribution in [-0.2, 0) is 11.2 Å². The topological polar surface area (TPSA) is 86.4 Å². The maximum Gasteiger partial charge on any atom is 0.573 e. The Morgan fingerprint density at radius 2 is 1.86 bits per heavy atom. The third-order valence-corrected chi connectivity index (χ3v) is 13.8. The number of likely N-dealkylation sites (tertiary alicyclic amines) is 1. The van der Waals surface area contributed by atoms with Gasteiger partial charge in [-0.2, -0.15) is 5.26 Å². The largest absolute Gasteiger partial charge is 0.573 e. The molecule has 294 valence electrons. The number of amides is 1. The van der Waals surface area contributed by atoms with Gasteiger partial charge in [0.25, 0.3) is 0 Å². The van der Waals surface area contributed by atoms with Gasteiger partial charge in [-0.3, -0.25) is 4.79 Å². The molecule has 3 aromatic carbocycles. The summed E-state index contributed by atoms with van der Waals surface area (Å²) in [6.07, 6.45) is -0.953. The second-order valence-corrected chi connectivity index (χ2v) is 17.1. The Hall–Kier alpha value is -4.57. The zero-order valence-electron chi connectivity index (χ0n) is 30.9. The van der Waals surface area contributed by atoms with E-state index in [9.17, 15) is 23.2 Å². The maximum absolute atomic E-state index is 17.3. The molecule has 4 saturated heterocycles. The number of carbonyl (C=O) groups is 1. The normalized spacial score (nSPS) is 25.3. The number of carbonyl (C=O) groups excluding carboxylic acids is 1. The molecule has 14 heteroatoms. The van der Waals surface area contributed by atoms with Gasteiger partial charge in [-0.05, 0) is 80.8 Å². The number of rotatable bonds is 8. The van der Waals surface area contributed by atoms with Crippen LogP contribution in [0.4, 0.5) is 23.2 Å². The van der Waals surface area contributed by atoms with Crippen LogP contribution in [0.2, 0.25) is 10.0 Å². The highest BCUT2D eigenvalue weighted by atomic mass is 35.5. The van der Waals surface area contributed by atoms with Crippen molar-refractivity contribution in [1.82, 2.24) is 19.8 Å². The number of halogens is 6. The number of nitrogens with one attached hydrogen (secondary N) is 1. The van der Waals surface area contributed by atoms with Crippen molar-refractivity contribution >= 4 is 56.6 Å². The molecule has 1 amide bonds. The van der Waals surface area contributed by atoms with Crippen LogP contribution in [0.25, 0.3) is 32.9 Å². The van der Waals surface area contributed by atoms with Crippen molar-refractivity contribution < 1.29 is 27.1 Å². The predicted molar refractivity (Wildman–Crippen MR) is 210 cm³/mol. The third kappa shape index (κ3) is 6.02. The first-order valence-corrected chi connectivity index (χ1v) is 20.3. The van der Waals surface area contributed by atoms with E-state index in [1.165, 1.54) is 12.1 Å². The van der Waals surface area contributed by atoms with Gasteiger partial charge >= 0.3 is 6.36 Å². The van der Waals surface area contributed by atoms with Crippen molar-refractivity contribution in [3.05, 3.63) is 87.4 Å². The van der Waals surface area contributed by atoms with Crippen LogP contribution >= 0.6 is 23.2 Å². The predicted octanol–water partition coefficient (Wildman–Crippen LogP) is 9.69. The van der Waals surface area contributed by atoms with Crippen LogP contribution in [-0.4, -0.2) is 58.4 Å². The molecule has 57 heavy (non-hydrogen) atoms. The van der Waals surface area contributed by atoms with Gasteiger partial charge in [0.05, 0.1) is 39.8 Å². The molecule has 5 aromatic rings. The summed E-state index contributed by atoms with van der Waals surface area (Å²) in [5.74, 6) is -0.463. The molecule has 2 saturated carbocycles. The molecule has 6 unspecified atom stereocenters. The molecule has 6 aliphatic rings. The van der Waals surface area contributed by atoms with E-state index in [2.05, 4.69) is 36.6 Å². The first-order valence-electron chi connectivity index (χ1n) is 19.5. The number of aromatic nitrogens is 2. The number of aryl methyl sites for hydroxylation is 2. The Labute approximate surface area is 336 Å². The summed E-state index contributed by atoms with van der Waals surface area (Å²) in [5.41, 5.74) is 4.60. The van der Waals surface area contributed by atoms with E-state index in [1.807, 2.05) is 13.0 Å². The van der Waals surface area contributed by atoms with E-state index in [0.717, 1.165) is 48.8 Å². The number of nitriles is 1. The number of hydrogen-bond donors (Lipinski definition) is 1. The molecule has 8 nitrogen and oxygen atoms in total. The van der Waals surface area contributed by atoms with Crippen molar-refractivity contribution in [2.75, 3.05) is 24.5 Å². The van der Waals surface area contributed by atoms with Gasteiger partial charge in [-0.25, -0.2) is 9.37 Å². The Kier molecular flexibility index (Phi) is 8.70. The average Bonchev–Trinajstić information content (AvgIpc) is 3.45. The molecule has 11 rings (SSSR count). The lowest BCUT2D eigenvalue weighted by molar-refractivity contribution is -0.274. The second-order valence-electron chi connectivity index (χ2n) is 16.3. The monoisotopic (exact) mass is 816 g/mol. The minimum Gasteiger partial charge on any atom is -0.406 e. The van der Waals surface area contributed by atoms with Gasteiger partial charge in [0.1, 0.15) is 11.3 Å². The minimum atomic E-state index is -4.82. The minimum absolute atomic E-state index is 0.0357. The quantitative estimate of drug-likeness (QED) is 0.157. The number of anilines is 1. The summed E-state index contributed by atoms with van der Waals surface area (Å²) in [5, 5.41) is 15.3. The van der Waals surface area contributed by atoms with E-state index in [-0.39, 0.29) is 76.6 Å². The van der Waals surface area contributed by atoms with Crippen molar-refractivity contribution in [3.8, 4) is 22.9 Å². The van der Waals surface area contributed by atoms with Gasteiger partial charge in [0.2, 0.25) is 5.91 Å². The summed E-state index contributed by atoms with van der Waals surface area (Å²) in [6, 6.07) is 17.3. The molecule has 2 aliphatic carbocycles. The fourth-order valence-corrected chi connectivity index (χ4v) is 10.8. The number of benzene rings is 3. The smallest absolute Gasteiger partial charge is 0.406 e. The van der Waals surface area contributed by atoms with Gasteiger partial charge < -0.3 is 24.4 Å². The van der Waals surface area contributed by atoms with Crippen molar-refractivity contribution in [2.45, 2.75) is 76.0 Å². The highest BCUT2D eigenvalue weighted by Crippen LogP contribution is 2.54. The van der Waals surface area contributed by atoms with Gasteiger partial charge in [0, 0.05) is 89.0 Å². The molecule has 6 fully saturated rings. The molecule has 0 radical (unpaired) electrons. The number of nitrogens with zero attached hydrogens (tertiary/aromatic N) is 5. The van der Waals surface area contributed by atoms with E-state index in [1.54, 1.807) is 30.3 Å². The fourth-order valence-electron chi connectivity index (χ4n) is 10.4. The number of piperidine rings is 1. The summed E-state index contributed by atoms with van der Waals surface area (Å²) in [7, 11) is 0. The Balaban J connectivity index is 1.17. The molecule has 0 spiro atoms. The molecule has 6 atom stereocenters. The summed E-state index contributed by atoms with van der Waals surface area (Å²) < 4.78 is 63.6. The summed E-state index contributed by atoms with van der Waals surface area (Å²) in [6.45, 7) is 3.73. The molecule has 1 N–H and O–H groups in total. The van der Waals surface area contributed by atoms with E-state index in [0.29, 0.717) is 51.9 Å². The molecule has 2 aromatic heterocycles. The second kappa shape index (κ2) is 13.5. The average molecular weight is 818 g/mol. The lowest BCUT2D eigenvalue weighted by atomic mass is 9.79. The van der Waals surface area contributed by atoms with Gasteiger partial charge in [-0.15, -0.1) is 13.2 Å². The molecule has 4 bridgehead atoms. The van der Waals surface area contributed by atoms with Crippen molar-refractivity contribution in [3.63, 3.8) is 0 Å². The Bertz CT molecular complexity index is 2520. The van der Waals surface area contributed by atoms with Crippen LogP contribution in [0.1, 0.15) is 61.1 Å². The molecule has 6 heterocycles. The number of fused-ring (bicyclic) bond motifs is 6. The zero-order valence-corrected chi connectivity index (χ0v) is 32.4. The van der Waals surface area contributed by atoms with Crippen molar-refractivity contribution in [1.29, 1.82) is 5.26 Å². The van der Waals surface area contributed by atoms with E-state index >= 15 is 4.39 Å². The Morgan fingerprint density at radius 1 is 1.05 bits per heavy atom. The lowest BCUT2D eigenvalue weighted by Gasteiger charge is -2.40. The lowest BCUT2D eigenvalue weighted by Crippen LogP contribution is -2.45. The highest BCUT2D eigenvalue weighted by molar-refractivity contribution is 6.43. The first-order chi connectivity index (χ1) is 27.4. The first kappa shape index (κ1) is 36.7. The molecule has 4 aliphatic heterocycles. The molecular weight excluding hydrogens is 779 g/mol. The summed E-state index contributed by atoms with van der Waals surface area (Å²) in [4.78, 5) is 23.5. The molecular formula is C43H38Cl2F4N6O2. The van der Waals surface area contributed by atoms with Crippen LogP contribution in [0, 0.1) is 41.8 Å². The number of ether oxygens (including phenoxy) is 1. The summed E-state index contributed by atoms with van der Waals surface area (Å²) >= 11 is 13.1. The van der Waals surface area contributed by atoms with Crippen molar-refractivity contribution in [2.24, 2.45) is 17.8 Å². The Morgan fingerprint density at radius 3 is 2.58 bits per heavy atom. The van der Waals surface area contributed by atoms with Crippen LogP contribution in [0.3, 0.4) is 0 Å². The highest BCUT2D eigenvalue weighted by Gasteiger charge is 2.55. The SMILES string of the molecule is Cc1nc2c(F)c(-c3cccc(Cl)c3Cl)c(CCC#N)cc2c2c1cc(C1C3CC(CN(c4cccc(OC(F)(F)F)c4)C3)N1C(=O)C1CC1)n2C1C2CNC1C2. The number of hydrogen-bond acceptors (Lipinski definition) is 6. The fraction of sp³-hybridized carbons (Fsp3) is 0.419.